The van der Waals surface area contributed by atoms with Gasteiger partial charge in [0.05, 0.1) is 11.6 Å². The molecule has 0 amide bonds. The lowest BCUT2D eigenvalue weighted by molar-refractivity contribution is 0.372. The molecular weight excluding hydrogens is 298 g/mol. The number of nitrogens with two attached hydrogens (primary N) is 1. The van der Waals surface area contributed by atoms with Gasteiger partial charge in [-0.25, -0.2) is 9.97 Å². The molecule has 0 spiro atoms. The van der Waals surface area contributed by atoms with Crippen molar-refractivity contribution in [3.63, 3.8) is 0 Å². The second-order valence-electron chi connectivity index (χ2n) is 3.47. The van der Waals surface area contributed by atoms with E-state index in [1.165, 1.54) is 6.33 Å². The van der Waals surface area contributed by atoms with Crippen LogP contribution in [-0.4, -0.2) is 17.1 Å². The van der Waals surface area contributed by atoms with E-state index in [4.69, 9.17) is 15.2 Å². The fraction of sp³-hybridized carbons (Fsp3) is 0.167. The fourth-order valence-corrected chi connectivity index (χ4v) is 1.71. The fourth-order valence-electron chi connectivity index (χ4n) is 1.40. The largest absolute Gasteiger partial charge is 0.493 e. The van der Waals surface area contributed by atoms with E-state index < -0.39 is 0 Å². The van der Waals surface area contributed by atoms with E-state index in [0.29, 0.717) is 28.4 Å². The minimum absolute atomic E-state index is 0.434. The van der Waals surface area contributed by atoms with E-state index in [1.54, 1.807) is 19.4 Å². The van der Waals surface area contributed by atoms with Crippen LogP contribution in [0.3, 0.4) is 0 Å². The Labute approximate surface area is 113 Å². The first-order valence-electron chi connectivity index (χ1n) is 5.25. The Morgan fingerprint density at radius 2 is 2.17 bits per heavy atom. The van der Waals surface area contributed by atoms with Crippen molar-refractivity contribution in [3.8, 4) is 17.4 Å². The number of nitrogens with zero attached hydrogens (tertiary/aromatic N) is 2. The van der Waals surface area contributed by atoms with E-state index in [2.05, 4.69) is 25.9 Å². The first kappa shape index (κ1) is 12.8. The molecule has 18 heavy (non-hydrogen) atoms. The van der Waals surface area contributed by atoms with Crippen molar-refractivity contribution in [2.45, 2.75) is 6.54 Å². The Morgan fingerprint density at radius 1 is 1.33 bits per heavy atom. The van der Waals surface area contributed by atoms with Crippen LogP contribution in [-0.2, 0) is 6.54 Å². The standard InChI is InChI=1S/C12H12BrN3O2/c1-17-11-4-8(5-14)2-3-10(11)18-12-9(13)6-15-7-16-12/h2-4,6-7H,5,14H2,1H3. The Hall–Kier alpha value is -1.66. The maximum atomic E-state index is 5.67. The molecule has 6 heteroatoms. The zero-order valence-corrected chi connectivity index (χ0v) is 11.3. The predicted molar refractivity (Wildman–Crippen MR) is 70.7 cm³/mol. The summed E-state index contributed by atoms with van der Waals surface area (Å²) in [6.07, 6.45) is 3.03. The van der Waals surface area contributed by atoms with Crippen LogP contribution in [0.15, 0.2) is 35.2 Å². The Bertz CT molecular complexity index is 549. The average molecular weight is 310 g/mol. The zero-order chi connectivity index (χ0) is 13.0. The van der Waals surface area contributed by atoms with Gasteiger partial charge in [0.15, 0.2) is 11.5 Å². The van der Waals surface area contributed by atoms with Gasteiger partial charge >= 0.3 is 0 Å². The van der Waals surface area contributed by atoms with Crippen molar-refractivity contribution in [1.82, 2.24) is 9.97 Å². The van der Waals surface area contributed by atoms with E-state index in [9.17, 15) is 0 Å². The minimum atomic E-state index is 0.434. The molecule has 94 valence electrons. The summed E-state index contributed by atoms with van der Waals surface area (Å²) in [4.78, 5) is 7.90. The van der Waals surface area contributed by atoms with Crippen LogP contribution in [0.1, 0.15) is 5.56 Å². The molecule has 5 nitrogen and oxygen atoms in total. The number of aromatic nitrogens is 2. The van der Waals surface area contributed by atoms with Crippen molar-refractivity contribution in [3.05, 3.63) is 40.8 Å². The van der Waals surface area contributed by atoms with Crippen LogP contribution in [0.25, 0.3) is 0 Å². The molecule has 0 radical (unpaired) electrons. The maximum absolute atomic E-state index is 5.67. The first-order chi connectivity index (χ1) is 8.74. The Morgan fingerprint density at radius 3 is 2.83 bits per heavy atom. The molecule has 0 atom stereocenters. The van der Waals surface area contributed by atoms with Crippen molar-refractivity contribution in [1.29, 1.82) is 0 Å². The second kappa shape index (κ2) is 5.79. The highest BCUT2D eigenvalue weighted by Crippen LogP contribution is 2.33. The summed E-state index contributed by atoms with van der Waals surface area (Å²) in [6, 6.07) is 5.52. The molecule has 1 aromatic carbocycles. The maximum Gasteiger partial charge on any atom is 0.236 e. The number of halogens is 1. The first-order valence-corrected chi connectivity index (χ1v) is 6.04. The quantitative estimate of drug-likeness (QED) is 0.939. The summed E-state index contributed by atoms with van der Waals surface area (Å²) in [7, 11) is 1.58. The second-order valence-corrected chi connectivity index (χ2v) is 4.32. The van der Waals surface area contributed by atoms with E-state index >= 15 is 0 Å². The number of hydrogen-bond donors (Lipinski definition) is 1. The highest BCUT2D eigenvalue weighted by atomic mass is 79.9. The summed E-state index contributed by atoms with van der Waals surface area (Å²) >= 11 is 3.32. The van der Waals surface area contributed by atoms with Crippen LogP contribution < -0.4 is 15.2 Å². The number of rotatable bonds is 4. The third-order valence-corrected chi connectivity index (χ3v) is 2.85. The molecule has 0 saturated heterocycles. The molecule has 0 aliphatic carbocycles. The predicted octanol–water partition coefficient (Wildman–Crippen LogP) is 2.50. The molecule has 0 bridgehead atoms. The molecule has 2 aromatic rings. The normalized spacial score (nSPS) is 10.2. The van der Waals surface area contributed by atoms with Crippen molar-refractivity contribution < 1.29 is 9.47 Å². The molecule has 2 rings (SSSR count). The van der Waals surface area contributed by atoms with Crippen LogP contribution in [0.4, 0.5) is 0 Å². The lowest BCUT2D eigenvalue weighted by Crippen LogP contribution is -1.98. The van der Waals surface area contributed by atoms with Crippen molar-refractivity contribution in [2.75, 3.05) is 7.11 Å². The molecule has 0 fully saturated rings. The molecule has 1 heterocycles. The summed E-state index contributed by atoms with van der Waals surface area (Å²) in [6.45, 7) is 0.452. The molecule has 0 aliphatic rings. The van der Waals surface area contributed by atoms with Gasteiger partial charge in [0.2, 0.25) is 5.88 Å². The molecule has 1 aromatic heterocycles. The SMILES string of the molecule is COc1cc(CN)ccc1Oc1ncncc1Br. The number of benzene rings is 1. The average Bonchev–Trinajstić information content (AvgIpc) is 2.41. The van der Waals surface area contributed by atoms with E-state index in [0.717, 1.165) is 5.56 Å². The van der Waals surface area contributed by atoms with Gasteiger partial charge in [-0.2, -0.15) is 0 Å². The monoisotopic (exact) mass is 309 g/mol. The van der Waals surface area contributed by atoms with Crippen LogP contribution >= 0.6 is 15.9 Å². The zero-order valence-electron chi connectivity index (χ0n) is 9.76. The highest BCUT2D eigenvalue weighted by molar-refractivity contribution is 9.10. The molecule has 2 N–H and O–H groups in total. The van der Waals surface area contributed by atoms with Gasteiger partial charge in [0.25, 0.3) is 0 Å². The summed E-state index contributed by atoms with van der Waals surface area (Å²) in [5.41, 5.74) is 6.55. The van der Waals surface area contributed by atoms with Crippen LogP contribution in [0.5, 0.6) is 17.4 Å². The van der Waals surface area contributed by atoms with E-state index in [1.807, 2.05) is 12.1 Å². The summed E-state index contributed by atoms with van der Waals surface area (Å²) in [5.74, 6) is 1.63. The Kier molecular flexibility index (Phi) is 4.11. The summed E-state index contributed by atoms with van der Waals surface area (Å²) in [5, 5.41) is 0. The molecule has 0 unspecified atom stereocenters. The Balaban J connectivity index is 2.32. The van der Waals surface area contributed by atoms with Gasteiger partial charge in [0, 0.05) is 12.7 Å². The lowest BCUT2D eigenvalue weighted by Gasteiger charge is -2.11. The van der Waals surface area contributed by atoms with Gasteiger partial charge in [-0.1, -0.05) is 6.07 Å². The van der Waals surface area contributed by atoms with Crippen molar-refractivity contribution in [2.24, 2.45) is 5.73 Å². The van der Waals surface area contributed by atoms with Gasteiger partial charge in [-0.05, 0) is 33.6 Å². The lowest BCUT2D eigenvalue weighted by atomic mass is 10.2. The van der Waals surface area contributed by atoms with Crippen molar-refractivity contribution >= 4 is 15.9 Å². The van der Waals surface area contributed by atoms with Crippen LogP contribution in [0.2, 0.25) is 0 Å². The number of ether oxygens (including phenoxy) is 2. The molecular formula is C12H12BrN3O2. The van der Waals surface area contributed by atoms with E-state index in [-0.39, 0.29) is 0 Å². The van der Waals surface area contributed by atoms with Crippen LogP contribution in [0, 0.1) is 0 Å². The van der Waals surface area contributed by atoms with Gasteiger partial charge in [-0.3, -0.25) is 0 Å². The third kappa shape index (κ3) is 2.77. The van der Waals surface area contributed by atoms with Gasteiger partial charge in [0.1, 0.15) is 6.33 Å². The van der Waals surface area contributed by atoms with Gasteiger partial charge in [-0.15, -0.1) is 0 Å². The third-order valence-electron chi connectivity index (χ3n) is 2.30. The smallest absolute Gasteiger partial charge is 0.236 e. The molecule has 0 saturated carbocycles. The summed E-state index contributed by atoms with van der Waals surface area (Å²) < 4.78 is 11.6. The minimum Gasteiger partial charge on any atom is -0.493 e. The molecule has 0 aliphatic heterocycles. The number of methoxy groups -OCH3 is 1. The highest BCUT2D eigenvalue weighted by Gasteiger charge is 2.09. The van der Waals surface area contributed by atoms with Gasteiger partial charge < -0.3 is 15.2 Å². The topological polar surface area (TPSA) is 70.3 Å². The number of hydrogen-bond acceptors (Lipinski definition) is 5.